The van der Waals surface area contributed by atoms with Gasteiger partial charge < -0.3 is 9.84 Å². The fourth-order valence-corrected chi connectivity index (χ4v) is 2.90. The molecule has 1 atom stereocenters. The van der Waals surface area contributed by atoms with Gasteiger partial charge in [0.1, 0.15) is 5.69 Å². The Morgan fingerprint density at radius 3 is 2.90 bits per heavy atom. The lowest BCUT2D eigenvalue weighted by atomic mass is 10.1. The Morgan fingerprint density at radius 1 is 1.33 bits per heavy atom. The van der Waals surface area contributed by atoms with Crippen molar-refractivity contribution in [3.8, 4) is 11.3 Å². The fraction of sp³-hybridized carbons (Fsp3) is 0.438. The lowest BCUT2D eigenvalue weighted by Gasteiger charge is -2.22. The predicted molar refractivity (Wildman–Crippen MR) is 86.5 cm³/mol. The van der Waals surface area contributed by atoms with E-state index in [4.69, 9.17) is 4.52 Å². The quantitative estimate of drug-likeness (QED) is 0.922. The van der Waals surface area contributed by atoms with Gasteiger partial charge in [-0.3, -0.25) is 4.90 Å². The van der Waals surface area contributed by atoms with Gasteiger partial charge in [0.25, 0.3) is 0 Å². The molecule has 1 aromatic carbocycles. The highest BCUT2D eigenvalue weighted by atomic mass is 35.5. The molecule has 1 saturated heterocycles. The molecular formula is C16H22ClN3O. The Labute approximate surface area is 131 Å². The van der Waals surface area contributed by atoms with E-state index in [2.05, 4.69) is 33.6 Å². The summed E-state index contributed by atoms with van der Waals surface area (Å²) in [6.45, 7) is 3.04. The van der Waals surface area contributed by atoms with Crippen LogP contribution in [0.25, 0.3) is 11.3 Å². The van der Waals surface area contributed by atoms with Crippen molar-refractivity contribution < 1.29 is 4.52 Å². The SMILES string of the molecule is CNCC1CCCN1Cc1cc(-c2ccccc2)no1.Cl. The Bertz CT molecular complexity index is 543. The number of hydrogen-bond acceptors (Lipinski definition) is 4. The van der Waals surface area contributed by atoms with E-state index >= 15 is 0 Å². The third-order valence-electron chi connectivity index (χ3n) is 3.93. The number of nitrogens with zero attached hydrogens (tertiary/aromatic N) is 2. The van der Waals surface area contributed by atoms with E-state index in [1.807, 2.05) is 25.2 Å². The fourth-order valence-electron chi connectivity index (χ4n) is 2.90. The third kappa shape index (κ3) is 3.84. The number of rotatable bonds is 5. The van der Waals surface area contributed by atoms with Crippen molar-refractivity contribution in [2.45, 2.75) is 25.4 Å². The van der Waals surface area contributed by atoms with Crippen LogP contribution in [-0.2, 0) is 6.54 Å². The summed E-state index contributed by atoms with van der Waals surface area (Å²) in [7, 11) is 2.01. The summed E-state index contributed by atoms with van der Waals surface area (Å²) in [5.74, 6) is 0.951. The van der Waals surface area contributed by atoms with Crippen LogP contribution in [0.4, 0.5) is 0 Å². The molecule has 3 rings (SSSR count). The summed E-state index contributed by atoms with van der Waals surface area (Å²) in [5.41, 5.74) is 2.03. The second kappa shape index (κ2) is 7.59. The average Bonchev–Trinajstić information content (AvgIpc) is 3.11. The Kier molecular flexibility index (Phi) is 5.79. The van der Waals surface area contributed by atoms with Crippen molar-refractivity contribution >= 4 is 12.4 Å². The molecule has 1 N–H and O–H groups in total. The van der Waals surface area contributed by atoms with Gasteiger partial charge in [0.15, 0.2) is 5.76 Å². The maximum absolute atomic E-state index is 5.50. The van der Waals surface area contributed by atoms with Crippen molar-refractivity contribution in [1.82, 2.24) is 15.4 Å². The molecule has 2 heterocycles. The topological polar surface area (TPSA) is 41.3 Å². The zero-order valence-electron chi connectivity index (χ0n) is 12.3. The molecule has 0 radical (unpaired) electrons. The van der Waals surface area contributed by atoms with Crippen LogP contribution in [0.1, 0.15) is 18.6 Å². The molecule has 0 saturated carbocycles. The highest BCUT2D eigenvalue weighted by Gasteiger charge is 2.24. The molecule has 1 aliphatic rings. The van der Waals surface area contributed by atoms with Gasteiger partial charge in [-0.25, -0.2) is 0 Å². The lowest BCUT2D eigenvalue weighted by Crippen LogP contribution is -2.36. The summed E-state index contributed by atoms with van der Waals surface area (Å²) in [5, 5.41) is 7.45. The Balaban J connectivity index is 0.00000161. The molecule has 1 aliphatic heterocycles. The van der Waals surface area contributed by atoms with Gasteiger partial charge in [-0.15, -0.1) is 12.4 Å². The van der Waals surface area contributed by atoms with E-state index in [1.54, 1.807) is 0 Å². The molecule has 1 aromatic heterocycles. The van der Waals surface area contributed by atoms with Crippen LogP contribution >= 0.6 is 12.4 Å². The summed E-state index contributed by atoms with van der Waals surface area (Å²) in [6, 6.07) is 12.8. The zero-order valence-corrected chi connectivity index (χ0v) is 13.1. The van der Waals surface area contributed by atoms with E-state index in [0.29, 0.717) is 6.04 Å². The first-order chi connectivity index (χ1) is 9.86. The molecular weight excluding hydrogens is 286 g/mol. The number of benzene rings is 1. The first kappa shape index (κ1) is 16.0. The van der Waals surface area contributed by atoms with Crippen LogP contribution in [0.2, 0.25) is 0 Å². The van der Waals surface area contributed by atoms with E-state index < -0.39 is 0 Å². The van der Waals surface area contributed by atoms with Crippen molar-refractivity contribution in [2.75, 3.05) is 20.1 Å². The number of likely N-dealkylation sites (tertiary alicyclic amines) is 1. The highest BCUT2D eigenvalue weighted by Crippen LogP contribution is 2.23. The van der Waals surface area contributed by atoms with Gasteiger partial charge in [-0.05, 0) is 26.4 Å². The molecule has 0 aliphatic carbocycles. The smallest absolute Gasteiger partial charge is 0.151 e. The minimum Gasteiger partial charge on any atom is -0.359 e. The zero-order chi connectivity index (χ0) is 13.8. The largest absolute Gasteiger partial charge is 0.359 e. The maximum atomic E-state index is 5.50. The number of hydrogen-bond donors (Lipinski definition) is 1. The van der Waals surface area contributed by atoms with Gasteiger partial charge in [-0.2, -0.15) is 0 Å². The molecule has 0 bridgehead atoms. The molecule has 4 nitrogen and oxygen atoms in total. The van der Waals surface area contributed by atoms with Gasteiger partial charge in [-0.1, -0.05) is 35.5 Å². The second-order valence-corrected chi connectivity index (χ2v) is 5.37. The molecule has 1 fully saturated rings. The van der Waals surface area contributed by atoms with Crippen LogP contribution in [0, 0.1) is 0 Å². The monoisotopic (exact) mass is 307 g/mol. The minimum absolute atomic E-state index is 0. The number of aromatic nitrogens is 1. The molecule has 0 amide bonds. The van der Waals surface area contributed by atoms with Crippen LogP contribution in [0.15, 0.2) is 40.9 Å². The van der Waals surface area contributed by atoms with Crippen LogP contribution in [-0.4, -0.2) is 36.2 Å². The van der Waals surface area contributed by atoms with Crippen molar-refractivity contribution in [3.05, 3.63) is 42.2 Å². The number of nitrogens with one attached hydrogen (secondary N) is 1. The van der Waals surface area contributed by atoms with E-state index in [9.17, 15) is 0 Å². The molecule has 2 aromatic rings. The van der Waals surface area contributed by atoms with Crippen molar-refractivity contribution in [2.24, 2.45) is 0 Å². The van der Waals surface area contributed by atoms with E-state index in [-0.39, 0.29) is 12.4 Å². The highest BCUT2D eigenvalue weighted by molar-refractivity contribution is 5.85. The summed E-state index contributed by atoms with van der Waals surface area (Å²) in [4.78, 5) is 2.48. The number of halogens is 1. The Hall–Kier alpha value is -1.36. The normalized spacial score (nSPS) is 18.6. The summed E-state index contributed by atoms with van der Waals surface area (Å²) >= 11 is 0. The van der Waals surface area contributed by atoms with Crippen LogP contribution < -0.4 is 5.32 Å². The van der Waals surface area contributed by atoms with Gasteiger partial charge in [0, 0.05) is 24.2 Å². The molecule has 1 unspecified atom stereocenters. The summed E-state index contributed by atoms with van der Waals surface area (Å²) < 4.78 is 5.50. The predicted octanol–water partition coefficient (Wildman–Crippen LogP) is 2.95. The standard InChI is InChI=1S/C16H21N3O.ClH/c1-17-11-14-8-5-9-19(14)12-15-10-16(18-20-15)13-6-3-2-4-7-13;/h2-4,6-7,10,14,17H,5,8-9,11-12H2,1H3;1H. The first-order valence-corrected chi connectivity index (χ1v) is 7.26. The second-order valence-electron chi connectivity index (χ2n) is 5.37. The van der Waals surface area contributed by atoms with Gasteiger partial charge >= 0.3 is 0 Å². The van der Waals surface area contributed by atoms with Gasteiger partial charge in [0.2, 0.25) is 0 Å². The Morgan fingerprint density at radius 2 is 2.14 bits per heavy atom. The first-order valence-electron chi connectivity index (χ1n) is 7.26. The van der Waals surface area contributed by atoms with Crippen molar-refractivity contribution in [3.63, 3.8) is 0 Å². The average molecular weight is 308 g/mol. The van der Waals surface area contributed by atoms with Gasteiger partial charge in [0.05, 0.1) is 6.54 Å². The third-order valence-corrected chi connectivity index (χ3v) is 3.93. The van der Waals surface area contributed by atoms with Crippen molar-refractivity contribution in [1.29, 1.82) is 0 Å². The van der Waals surface area contributed by atoms with E-state index in [1.165, 1.54) is 12.8 Å². The molecule has 0 spiro atoms. The summed E-state index contributed by atoms with van der Waals surface area (Å²) in [6.07, 6.45) is 2.53. The number of likely N-dealkylation sites (N-methyl/N-ethyl adjacent to an activating group) is 1. The lowest BCUT2D eigenvalue weighted by molar-refractivity contribution is 0.213. The minimum atomic E-state index is 0. The molecule has 21 heavy (non-hydrogen) atoms. The van der Waals surface area contributed by atoms with E-state index in [0.717, 1.165) is 36.7 Å². The molecule has 5 heteroatoms. The maximum Gasteiger partial charge on any atom is 0.151 e. The molecule has 114 valence electrons. The van der Waals surface area contributed by atoms with Crippen LogP contribution in [0.5, 0.6) is 0 Å². The van der Waals surface area contributed by atoms with Crippen LogP contribution in [0.3, 0.4) is 0 Å².